The Kier molecular flexibility index (Phi) is 3.11. The van der Waals surface area contributed by atoms with Crippen molar-refractivity contribution in [3.05, 3.63) is 64.7 Å². The van der Waals surface area contributed by atoms with Gasteiger partial charge in [-0.15, -0.1) is 0 Å². The van der Waals surface area contributed by atoms with Crippen LogP contribution < -0.4 is 0 Å². The van der Waals surface area contributed by atoms with Gasteiger partial charge >= 0.3 is 0 Å². The minimum absolute atomic E-state index is 0.346. The van der Waals surface area contributed by atoms with Crippen LogP contribution in [0.5, 0.6) is 0 Å². The van der Waals surface area contributed by atoms with Crippen LogP contribution in [0, 0.1) is 0 Å². The molecule has 2 aromatic carbocycles. The molecule has 0 fully saturated rings. The van der Waals surface area contributed by atoms with Crippen molar-refractivity contribution in [3.8, 4) is 0 Å². The van der Waals surface area contributed by atoms with Gasteiger partial charge in [0.1, 0.15) is 0 Å². The standard InChI is InChI=1S/C15H13ClO2S/c16-12-6-8-13(9-7-12)19(17,18)15-10-5-11-3-1-2-4-14(11)15/h1-4,6-9,15H,5,10H2. The molecule has 0 bridgehead atoms. The molecule has 1 aliphatic rings. The second-order valence-electron chi connectivity index (χ2n) is 4.73. The molecule has 2 nitrogen and oxygen atoms in total. The van der Waals surface area contributed by atoms with Crippen molar-refractivity contribution in [2.75, 3.05) is 0 Å². The van der Waals surface area contributed by atoms with Gasteiger partial charge in [0.2, 0.25) is 0 Å². The second kappa shape index (κ2) is 4.66. The van der Waals surface area contributed by atoms with Gasteiger partial charge in [0.15, 0.2) is 9.84 Å². The van der Waals surface area contributed by atoms with E-state index in [2.05, 4.69) is 0 Å². The zero-order valence-corrected chi connectivity index (χ0v) is 11.8. The van der Waals surface area contributed by atoms with Crippen LogP contribution in [0.25, 0.3) is 0 Å². The van der Waals surface area contributed by atoms with Crippen LogP contribution in [-0.2, 0) is 16.3 Å². The average Bonchev–Trinajstić information content (AvgIpc) is 2.83. The molecule has 4 heteroatoms. The third-order valence-electron chi connectivity index (χ3n) is 3.59. The summed E-state index contributed by atoms with van der Waals surface area (Å²) in [5, 5.41) is 0.121. The summed E-state index contributed by atoms with van der Waals surface area (Å²) < 4.78 is 25.3. The first-order chi connectivity index (χ1) is 9.09. The first kappa shape index (κ1) is 12.7. The zero-order valence-electron chi connectivity index (χ0n) is 10.2. The molecular weight excluding hydrogens is 280 g/mol. The van der Waals surface area contributed by atoms with E-state index in [1.165, 1.54) is 0 Å². The molecule has 19 heavy (non-hydrogen) atoms. The quantitative estimate of drug-likeness (QED) is 0.843. The van der Waals surface area contributed by atoms with Gasteiger partial charge in [-0.05, 0) is 48.2 Å². The number of rotatable bonds is 2. The van der Waals surface area contributed by atoms with Crippen LogP contribution in [-0.4, -0.2) is 8.42 Å². The van der Waals surface area contributed by atoms with Crippen molar-refractivity contribution in [2.45, 2.75) is 23.0 Å². The van der Waals surface area contributed by atoms with Crippen molar-refractivity contribution < 1.29 is 8.42 Å². The highest BCUT2D eigenvalue weighted by molar-refractivity contribution is 7.91. The van der Waals surface area contributed by atoms with Crippen LogP contribution in [0.15, 0.2) is 53.4 Å². The molecule has 0 N–H and O–H groups in total. The first-order valence-corrected chi connectivity index (χ1v) is 8.09. The number of sulfone groups is 1. The van der Waals surface area contributed by atoms with Gasteiger partial charge in [-0.25, -0.2) is 8.42 Å². The summed E-state index contributed by atoms with van der Waals surface area (Å²) in [6.45, 7) is 0. The predicted molar refractivity (Wildman–Crippen MR) is 76.1 cm³/mol. The Bertz CT molecular complexity index is 705. The molecule has 1 atom stereocenters. The lowest BCUT2D eigenvalue weighted by molar-refractivity contribution is 0.581. The Morgan fingerprint density at radius 1 is 1.00 bits per heavy atom. The average molecular weight is 293 g/mol. The highest BCUT2D eigenvalue weighted by atomic mass is 35.5. The molecule has 3 rings (SSSR count). The molecule has 1 unspecified atom stereocenters. The maximum absolute atomic E-state index is 12.7. The number of halogens is 1. The van der Waals surface area contributed by atoms with Gasteiger partial charge in [-0.3, -0.25) is 0 Å². The first-order valence-electron chi connectivity index (χ1n) is 6.16. The molecule has 1 aliphatic carbocycles. The van der Waals surface area contributed by atoms with Crippen LogP contribution in [0.1, 0.15) is 22.8 Å². The fourth-order valence-electron chi connectivity index (χ4n) is 2.63. The van der Waals surface area contributed by atoms with Crippen molar-refractivity contribution in [1.29, 1.82) is 0 Å². The van der Waals surface area contributed by atoms with Crippen LogP contribution in [0.4, 0.5) is 0 Å². The molecule has 0 aliphatic heterocycles. The second-order valence-corrected chi connectivity index (χ2v) is 7.29. The number of hydrogen-bond donors (Lipinski definition) is 0. The molecule has 0 radical (unpaired) electrons. The summed E-state index contributed by atoms with van der Waals surface area (Å²) in [6.07, 6.45) is 1.48. The van der Waals surface area contributed by atoms with E-state index in [-0.39, 0.29) is 0 Å². The molecule has 0 spiro atoms. The van der Waals surface area contributed by atoms with Crippen LogP contribution in [0.3, 0.4) is 0 Å². The van der Waals surface area contributed by atoms with Crippen molar-refractivity contribution >= 4 is 21.4 Å². The number of benzene rings is 2. The summed E-state index contributed by atoms with van der Waals surface area (Å²) in [6, 6.07) is 14.2. The van der Waals surface area contributed by atoms with E-state index in [4.69, 9.17) is 11.6 Å². The van der Waals surface area contributed by atoms with Crippen molar-refractivity contribution in [3.63, 3.8) is 0 Å². The summed E-state index contributed by atoms with van der Waals surface area (Å²) in [7, 11) is -3.33. The largest absolute Gasteiger partial charge is 0.223 e. The minimum atomic E-state index is -3.33. The normalized spacial score (nSPS) is 18.3. The van der Waals surface area contributed by atoms with Crippen LogP contribution in [0.2, 0.25) is 5.02 Å². The molecule has 0 saturated heterocycles. The van der Waals surface area contributed by atoms with Gasteiger partial charge < -0.3 is 0 Å². The van der Waals surface area contributed by atoms with E-state index in [9.17, 15) is 8.42 Å². The smallest absolute Gasteiger partial charge is 0.185 e. The van der Waals surface area contributed by atoms with Gasteiger partial charge in [0.25, 0.3) is 0 Å². The number of fused-ring (bicyclic) bond motifs is 1. The Balaban J connectivity index is 2.05. The monoisotopic (exact) mass is 292 g/mol. The van der Waals surface area contributed by atoms with E-state index in [0.717, 1.165) is 17.5 Å². The molecule has 98 valence electrons. The Hall–Kier alpha value is -1.32. The maximum atomic E-state index is 12.7. The Morgan fingerprint density at radius 3 is 2.42 bits per heavy atom. The summed E-state index contributed by atoms with van der Waals surface area (Å²) in [5.41, 5.74) is 2.09. The van der Waals surface area contributed by atoms with Crippen molar-refractivity contribution in [1.82, 2.24) is 0 Å². The lowest BCUT2D eigenvalue weighted by Gasteiger charge is -2.13. The van der Waals surface area contributed by atoms with Crippen LogP contribution >= 0.6 is 11.6 Å². The molecule has 0 saturated carbocycles. The zero-order chi connectivity index (χ0) is 13.5. The lowest BCUT2D eigenvalue weighted by Crippen LogP contribution is -2.11. The SMILES string of the molecule is O=S(=O)(c1ccc(Cl)cc1)C1CCc2ccccc21. The Morgan fingerprint density at radius 2 is 1.68 bits per heavy atom. The summed E-state index contributed by atoms with van der Waals surface area (Å²) >= 11 is 5.81. The Labute approximate surface area is 118 Å². The van der Waals surface area contributed by atoms with Crippen molar-refractivity contribution in [2.24, 2.45) is 0 Å². The minimum Gasteiger partial charge on any atom is -0.223 e. The van der Waals surface area contributed by atoms with Gasteiger partial charge in [-0.2, -0.15) is 0 Å². The van der Waals surface area contributed by atoms with E-state index in [1.807, 2.05) is 24.3 Å². The molecule has 0 aromatic heterocycles. The molecule has 0 amide bonds. The number of hydrogen-bond acceptors (Lipinski definition) is 2. The van der Waals surface area contributed by atoms with Gasteiger partial charge in [0.05, 0.1) is 10.1 Å². The van der Waals surface area contributed by atoms with E-state index in [0.29, 0.717) is 16.3 Å². The summed E-state index contributed by atoms with van der Waals surface area (Å²) in [4.78, 5) is 0.346. The third-order valence-corrected chi connectivity index (χ3v) is 6.01. The fourth-order valence-corrected chi connectivity index (χ4v) is 4.59. The molecular formula is C15H13ClO2S. The fraction of sp³-hybridized carbons (Fsp3) is 0.200. The molecule has 0 heterocycles. The highest BCUT2D eigenvalue weighted by Gasteiger charge is 2.34. The predicted octanol–water partition coefficient (Wildman–Crippen LogP) is 3.80. The van der Waals surface area contributed by atoms with Gasteiger partial charge in [-0.1, -0.05) is 35.9 Å². The molecule has 2 aromatic rings. The highest BCUT2D eigenvalue weighted by Crippen LogP contribution is 2.40. The van der Waals surface area contributed by atoms with E-state index >= 15 is 0 Å². The van der Waals surface area contributed by atoms with Gasteiger partial charge in [0, 0.05) is 5.02 Å². The van der Waals surface area contributed by atoms with E-state index in [1.54, 1.807) is 24.3 Å². The topological polar surface area (TPSA) is 34.1 Å². The lowest BCUT2D eigenvalue weighted by atomic mass is 10.1. The maximum Gasteiger partial charge on any atom is 0.185 e. The number of aryl methyl sites for hydroxylation is 1. The third kappa shape index (κ3) is 2.17. The summed E-state index contributed by atoms with van der Waals surface area (Å²) in [5.74, 6) is 0. The van der Waals surface area contributed by atoms with E-state index < -0.39 is 15.1 Å².